The molecule has 24 heavy (non-hydrogen) atoms. The molecule has 1 atom stereocenters. The summed E-state index contributed by atoms with van der Waals surface area (Å²) in [6, 6.07) is 3.77. The lowest BCUT2D eigenvalue weighted by Gasteiger charge is -2.23. The van der Waals surface area contributed by atoms with Gasteiger partial charge in [0.1, 0.15) is 5.69 Å². The van der Waals surface area contributed by atoms with Crippen LogP contribution in [0.25, 0.3) is 10.8 Å². The summed E-state index contributed by atoms with van der Waals surface area (Å²) in [6.07, 6.45) is 7.41. The van der Waals surface area contributed by atoms with Crippen LogP contribution in [-0.4, -0.2) is 32.1 Å². The molecule has 1 fully saturated rings. The van der Waals surface area contributed by atoms with Crippen LogP contribution in [0.1, 0.15) is 39.8 Å². The van der Waals surface area contributed by atoms with Crippen molar-refractivity contribution in [1.29, 1.82) is 0 Å². The monoisotopic (exact) mass is 342 g/mol. The minimum atomic E-state index is -0.00657. The average molecular weight is 342 g/mol. The molecule has 4 rings (SSSR count). The molecule has 0 N–H and O–H groups in total. The van der Waals surface area contributed by atoms with E-state index in [1.54, 1.807) is 10.9 Å². The van der Waals surface area contributed by atoms with E-state index in [0.29, 0.717) is 11.5 Å². The van der Waals surface area contributed by atoms with Crippen molar-refractivity contribution in [2.75, 3.05) is 6.54 Å². The van der Waals surface area contributed by atoms with Gasteiger partial charge in [-0.1, -0.05) is 0 Å². The molecule has 3 aromatic rings. The van der Waals surface area contributed by atoms with E-state index in [1.165, 1.54) is 11.3 Å². The fourth-order valence-electron chi connectivity index (χ4n) is 3.21. The van der Waals surface area contributed by atoms with Crippen molar-refractivity contribution in [3.05, 3.63) is 46.9 Å². The van der Waals surface area contributed by atoms with Gasteiger partial charge in [-0.05, 0) is 31.9 Å². The van der Waals surface area contributed by atoms with Crippen LogP contribution in [-0.2, 0) is 7.05 Å². The summed E-state index contributed by atoms with van der Waals surface area (Å²) in [6.45, 7) is 2.69. The highest BCUT2D eigenvalue weighted by atomic mass is 32.1. The van der Waals surface area contributed by atoms with Crippen molar-refractivity contribution in [2.45, 2.75) is 25.8 Å². The van der Waals surface area contributed by atoms with Crippen molar-refractivity contribution < 1.29 is 9.21 Å². The molecule has 0 saturated carbocycles. The highest BCUT2D eigenvalue weighted by Gasteiger charge is 2.33. The number of carbonyl (C=O) groups excluding carboxylic acids is 1. The second-order valence-electron chi connectivity index (χ2n) is 6.01. The first-order chi connectivity index (χ1) is 11.6. The van der Waals surface area contributed by atoms with Crippen LogP contribution in [0.2, 0.25) is 0 Å². The molecule has 0 spiro atoms. The summed E-state index contributed by atoms with van der Waals surface area (Å²) in [5, 5.41) is 4.98. The van der Waals surface area contributed by atoms with Gasteiger partial charge in [0, 0.05) is 30.2 Å². The van der Waals surface area contributed by atoms with E-state index in [2.05, 4.69) is 10.1 Å². The molecule has 0 radical (unpaired) electrons. The molecule has 1 amide bonds. The Labute approximate surface area is 143 Å². The quantitative estimate of drug-likeness (QED) is 0.731. The average Bonchev–Trinajstić information content (AvgIpc) is 3.33. The second kappa shape index (κ2) is 5.90. The maximum absolute atomic E-state index is 13.1. The standard InChI is InChI=1S/C17H18N4O2S/c1-11-15(19-16(24-11)14-6-4-8-23-14)17(22)21-7-3-5-13(21)12-9-18-20(2)10-12/h4,6,8-10,13H,3,5,7H2,1-2H3/t13-/m0/s1. The number of carbonyl (C=O) groups is 1. The third-order valence-corrected chi connectivity index (χ3v) is 5.34. The maximum atomic E-state index is 13.1. The molecule has 0 aromatic carbocycles. The van der Waals surface area contributed by atoms with Gasteiger partial charge in [-0.2, -0.15) is 5.10 Å². The maximum Gasteiger partial charge on any atom is 0.274 e. The van der Waals surface area contributed by atoms with E-state index in [4.69, 9.17) is 4.42 Å². The largest absolute Gasteiger partial charge is 0.462 e. The third-order valence-electron chi connectivity index (χ3n) is 4.35. The molecule has 0 bridgehead atoms. The lowest BCUT2D eigenvalue weighted by atomic mass is 10.1. The Morgan fingerprint density at radius 3 is 3.04 bits per heavy atom. The molecule has 0 unspecified atom stereocenters. The van der Waals surface area contributed by atoms with Crippen LogP contribution < -0.4 is 0 Å². The van der Waals surface area contributed by atoms with Gasteiger partial charge in [0.2, 0.25) is 0 Å². The fraction of sp³-hybridized carbons (Fsp3) is 0.353. The van der Waals surface area contributed by atoms with Crippen LogP contribution in [0, 0.1) is 6.92 Å². The Bertz CT molecular complexity index is 865. The van der Waals surface area contributed by atoms with Gasteiger partial charge in [0.25, 0.3) is 5.91 Å². The van der Waals surface area contributed by atoms with E-state index in [9.17, 15) is 4.79 Å². The second-order valence-corrected chi connectivity index (χ2v) is 7.21. The number of nitrogens with zero attached hydrogens (tertiary/aromatic N) is 4. The number of amides is 1. The van der Waals surface area contributed by atoms with Gasteiger partial charge in [0.15, 0.2) is 10.8 Å². The Kier molecular flexibility index (Phi) is 3.72. The summed E-state index contributed by atoms with van der Waals surface area (Å²) in [7, 11) is 1.89. The van der Waals surface area contributed by atoms with Crippen molar-refractivity contribution in [3.63, 3.8) is 0 Å². The van der Waals surface area contributed by atoms with E-state index < -0.39 is 0 Å². The van der Waals surface area contributed by atoms with E-state index in [1.807, 2.05) is 43.4 Å². The van der Waals surface area contributed by atoms with Crippen LogP contribution in [0.5, 0.6) is 0 Å². The van der Waals surface area contributed by atoms with E-state index in [-0.39, 0.29) is 11.9 Å². The molecular weight excluding hydrogens is 324 g/mol. The smallest absolute Gasteiger partial charge is 0.274 e. The topological polar surface area (TPSA) is 64.2 Å². The molecule has 4 heterocycles. The first kappa shape index (κ1) is 15.1. The summed E-state index contributed by atoms with van der Waals surface area (Å²) in [5.74, 6) is 0.695. The normalized spacial score (nSPS) is 17.6. The van der Waals surface area contributed by atoms with E-state index in [0.717, 1.165) is 34.8 Å². The number of likely N-dealkylation sites (tertiary alicyclic amines) is 1. The minimum Gasteiger partial charge on any atom is -0.462 e. The lowest BCUT2D eigenvalue weighted by Crippen LogP contribution is -2.31. The van der Waals surface area contributed by atoms with Crippen molar-refractivity contribution in [3.8, 4) is 10.8 Å². The fourth-order valence-corrected chi connectivity index (χ4v) is 4.08. The van der Waals surface area contributed by atoms with Crippen molar-refractivity contribution >= 4 is 17.2 Å². The molecule has 3 aromatic heterocycles. The number of hydrogen-bond acceptors (Lipinski definition) is 5. The number of rotatable bonds is 3. The lowest BCUT2D eigenvalue weighted by molar-refractivity contribution is 0.0730. The molecule has 1 aliphatic heterocycles. The first-order valence-corrected chi connectivity index (χ1v) is 8.76. The minimum absolute atomic E-state index is 0.00657. The summed E-state index contributed by atoms with van der Waals surface area (Å²) in [4.78, 5) is 20.4. The number of thiazole rings is 1. The highest BCUT2D eigenvalue weighted by Crippen LogP contribution is 2.35. The van der Waals surface area contributed by atoms with Gasteiger partial charge >= 0.3 is 0 Å². The van der Waals surface area contributed by atoms with E-state index >= 15 is 0 Å². The zero-order valence-electron chi connectivity index (χ0n) is 13.6. The molecular formula is C17H18N4O2S. The summed E-state index contributed by atoms with van der Waals surface area (Å²) >= 11 is 1.49. The zero-order chi connectivity index (χ0) is 16.7. The predicted molar refractivity (Wildman–Crippen MR) is 90.8 cm³/mol. The Balaban J connectivity index is 1.63. The Hall–Kier alpha value is -2.41. The highest BCUT2D eigenvalue weighted by molar-refractivity contribution is 7.15. The number of aromatic nitrogens is 3. The van der Waals surface area contributed by atoms with Crippen LogP contribution in [0.4, 0.5) is 0 Å². The van der Waals surface area contributed by atoms with Gasteiger partial charge in [0.05, 0.1) is 18.5 Å². The molecule has 7 heteroatoms. The third kappa shape index (κ3) is 2.54. The first-order valence-electron chi connectivity index (χ1n) is 7.94. The Morgan fingerprint density at radius 1 is 1.46 bits per heavy atom. The number of hydrogen-bond donors (Lipinski definition) is 0. The predicted octanol–water partition coefficient (Wildman–Crippen LogP) is 3.42. The van der Waals surface area contributed by atoms with Gasteiger partial charge < -0.3 is 9.32 Å². The van der Waals surface area contributed by atoms with Crippen LogP contribution in [0.3, 0.4) is 0 Å². The summed E-state index contributed by atoms with van der Waals surface area (Å²) < 4.78 is 7.18. The number of aryl methyl sites for hydroxylation is 2. The SMILES string of the molecule is Cc1sc(-c2ccco2)nc1C(=O)N1CCC[C@H]1c1cnn(C)c1. The molecule has 1 saturated heterocycles. The van der Waals surface area contributed by atoms with Crippen molar-refractivity contribution in [1.82, 2.24) is 19.7 Å². The molecule has 1 aliphatic rings. The van der Waals surface area contributed by atoms with Crippen molar-refractivity contribution in [2.24, 2.45) is 7.05 Å². The number of furan rings is 1. The van der Waals surface area contributed by atoms with Crippen LogP contribution in [0.15, 0.2) is 35.2 Å². The Morgan fingerprint density at radius 2 is 2.33 bits per heavy atom. The van der Waals surface area contributed by atoms with Gasteiger partial charge in [-0.25, -0.2) is 4.98 Å². The summed E-state index contributed by atoms with van der Waals surface area (Å²) in [5.41, 5.74) is 1.62. The molecule has 0 aliphatic carbocycles. The molecule has 6 nitrogen and oxygen atoms in total. The van der Waals surface area contributed by atoms with Gasteiger partial charge in [-0.15, -0.1) is 11.3 Å². The van der Waals surface area contributed by atoms with Crippen LogP contribution >= 0.6 is 11.3 Å². The molecule has 124 valence electrons. The van der Waals surface area contributed by atoms with Gasteiger partial charge in [-0.3, -0.25) is 9.48 Å². The zero-order valence-corrected chi connectivity index (χ0v) is 14.4.